The van der Waals surface area contributed by atoms with E-state index in [0.717, 1.165) is 6.42 Å². The van der Waals surface area contributed by atoms with E-state index in [4.69, 9.17) is 9.47 Å². The van der Waals surface area contributed by atoms with Crippen LogP contribution in [-0.2, 0) is 19.1 Å². The molecule has 5 rings (SSSR count). The smallest absolute Gasteiger partial charge is 0.203 e. The van der Waals surface area contributed by atoms with E-state index in [1.807, 2.05) is 0 Å². The number of carbonyl (C=O) groups is 2. The molecule has 4 atom stereocenters. The second-order valence-corrected chi connectivity index (χ2v) is 6.21. The van der Waals surface area contributed by atoms with E-state index in [0.29, 0.717) is 30.8 Å². The maximum Gasteiger partial charge on any atom is 0.203 e. The molecule has 0 radical (unpaired) electrons. The first-order valence-electron chi connectivity index (χ1n) is 6.99. The number of ether oxygens (including phenoxy) is 2. The lowest BCUT2D eigenvalue weighted by atomic mass is 9.61. The van der Waals surface area contributed by atoms with E-state index in [-0.39, 0.29) is 35.2 Å². The Kier molecular flexibility index (Phi) is 1.70. The summed E-state index contributed by atoms with van der Waals surface area (Å²) in [7, 11) is 0. The van der Waals surface area contributed by atoms with E-state index < -0.39 is 5.79 Å². The van der Waals surface area contributed by atoms with Crippen molar-refractivity contribution in [2.24, 2.45) is 23.7 Å². The normalized spacial score (nSPS) is 44.8. The standard InChI is InChI=1S/C15H14O4/c16-13-9-6-15(18-3-4-19-15)12(9)14(17)11-8-2-1-7(5-8)10(11)13/h1-2,7-8,10-11H,3-6H2/t7-,8+,10-,11+/m0/s1. The third kappa shape index (κ3) is 1.02. The maximum atomic E-state index is 12.8. The van der Waals surface area contributed by atoms with Gasteiger partial charge in [0.25, 0.3) is 0 Å². The van der Waals surface area contributed by atoms with Gasteiger partial charge < -0.3 is 9.47 Å². The molecule has 4 aliphatic carbocycles. The van der Waals surface area contributed by atoms with Gasteiger partial charge in [-0.15, -0.1) is 0 Å². The Hall–Kier alpha value is -1.26. The molecule has 2 bridgehead atoms. The van der Waals surface area contributed by atoms with Crippen molar-refractivity contribution >= 4 is 11.6 Å². The van der Waals surface area contributed by atoms with Crippen LogP contribution in [0.4, 0.5) is 0 Å². The number of carbonyl (C=O) groups excluding carboxylic acids is 2. The molecule has 0 aromatic heterocycles. The molecule has 1 heterocycles. The number of rotatable bonds is 0. The summed E-state index contributed by atoms with van der Waals surface area (Å²) in [5.74, 6) is -0.280. The summed E-state index contributed by atoms with van der Waals surface area (Å²) < 4.78 is 11.2. The molecule has 4 nitrogen and oxygen atoms in total. The largest absolute Gasteiger partial charge is 0.343 e. The number of hydrogen-bond donors (Lipinski definition) is 0. The lowest BCUT2D eigenvalue weighted by molar-refractivity contribution is -0.164. The molecular weight excluding hydrogens is 244 g/mol. The van der Waals surface area contributed by atoms with E-state index in [2.05, 4.69) is 12.2 Å². The molecule has 0 amide bonds. The van der Waals surface area contributed by atoms with Crippen LogP contribution in [0.5, 0.6) is 0 Å². The fourth-order valence-electron chi connectivity index (χ4n) is 4.69. The van der Waals surface area contributed by atoms with Gasteiger partial charge in [0, 0.05) is 23.8 Å². The summed E-state index contributed by atoms with van der Waals surface area (Å²) in [5, 5.41) is 0. The van der Waals surface area contributed by atoms with Crippen molar-refractivity contribution in [1.82, 2.24) is 0 Å². The summed E-state index contributed by atoms with van der Waals surface area (Å²) >= 11 is 0. The number of fused-ring (bicyclic) bond motifs is 6. The Morgan fingerprint density at radius 3 is 2.32 bits per heavy atom. The highest BCUT2D eigenvalue weighted by atomic mass is 16.7. The molecule has 98 valence electrons. The van der Waals surface area contributed by atoms with Crippen LogP contribution < -0.4 is 0 Å². The average Bonchev–Trinajstić information content (AvgIpc) is 3.08. The summed E-state index contributed by atoms with van der Waals surface area (Å²) in [6.45, 7) is 1.02. The zero-order valence-electron chi connectivity index (χ0n) is 10.4. The van der Waals surface area contributed by atoms with Gasteiger partial charge in [0.1, 0.15) is 0 Å². The Balaban J connectivity index is 1.64. The molecule has 4 heteroatoms. The number of allylic oxidation sites excluding steroid dienone is 2. The lowest BCUT2D eigenvalue weighted by Gasteiger charge is -2.46. The van der Waals surface area contributed by atoms with Gasteiger partial charge in [0.15, 0.2) is 11.6 Å². The first-order valence-corrected chi connectivity index (χ1v) is 6.99. The van der Waals surface area contributed by atoms with E-state index in [1.165, 1.54) is 0 Å². The molecule has 1 saturated carbocycles. The predicted molar refractivity (Wildman–Crippen MR) is 64.0 cm³/mol. The van der Waals surface area contributed by atoms with Crippen LogP contribution in [0.2, 0.25) is 0 Å². The van der Waals surface area contributed by atoms with Crippen molar-refractivity contribution in [2.45, 2.75) is 18.6 Å². The minimum atomic E-state index is -0.863. The summed E-state index contributed by atoms with van der Waals surface area (Å²) in [4.78, 5) is 25.3. The molecule has 1 aliphatic heterocycles. The van der Waals surface area contributed by atoms with Crippen LogP contribution in [-0.4, -0.2) is 30.6 Å². The molecule has 0 aromatic carbocycles. The third-order valence-corrected chi connectivity index (χ3v) is 5.45. The summed E-state index contributed by atoms with van der Waals surface area (Å²) in [6, 6.07) is 0. The predicted octanol–water partition coefficient (Wildman–Crippen LogP) is 1.02. The fourth-order valence-corrected chi connectivity index (χ4v) is 4.69. The van der Waals surface area contributed by atoms with Gasteiger partial charge in [-0.25, -0.2) is 0 Å². The second kappa shape index (κ2) is 3.07. The van der Waals surface area contributed by atoms with Gasteiger partial charge in [0.2, 0.25) is 5.79 Å². The highest BCUT2D eigenvalue weighted by Crippen LogP contribution is 2.58. The Morgan fingerprint density at radius 2 is 1.63 bits per heavy atom. The first-order chi connectivity index (χ1) is 9.21. The number of hydrogen-bond acceptors (Lipinski definition) is 4. The van der Waals surface area contributed by atoms with Crippen LogP contribution in [0, 0.1) is 23.7 Å². The van der Waals surface area contributed by atoms with Gasteiger partial charge in [-0.1, -0.05) is 12.2 Å². The Bertz CT molecular complexity index is 579. The zero-order valence-corrected chi connectivity index (χ0v) is 10.4. The van der Waals surface area contributed by atoms with Crippen molar-refractivity contribution in [3.05, 3.63) is 23.3 Å². The first kappa shape index (κ1) is 10.5. The van der Waals surface area contributed by atoms with Gasteiger partial charge in [-0.2, -0.15) is 0 Å². The highest BCUT2D eigenvalue weighted by Gasteiger charge is 2.64. The van der Waals surface area contributed by atoms with Crippen molar-refractivity contribution in [3.63, 3.8) is 0 Å². The third-order valence-electron chi connectivity index (χ3n) is 5.45. The maximum absolute atomic E-state index is 12.8. The van der Waals surface area contributed by atoms with Gasteiger partial charge in [-0.3, -0.25) is 9.59 Å². The van der Waals surface area contributed by atoms with Crippen LogP contribution >= 0.6 is 0 Å². The summed E-state index contributed by atoms with van der Waals surface area (Å²) in [6.07, 6.45) is 5.67. The van der Waals surface area contributed by atoms with Gasteiger partial charge >= 0.3 is 0 Å². The van der Waals surface area contributed by atoms with Crippen molar-refractivity contribution in [1.29, 1.82) is 0 Å². The SMILES string of the molecule is O=C1C2=C(C(=O)[C@H]3[C@@H]1[C@H]1C=C[C@@H]3C1)C1(C2)OCCO1. The number of ketones is 2. The molecule has 1 spiro atoms. The molecule has 0 unspecified atom stereocenters. The lowest BCUT2D eigenvalue weighted by Crippen LogP contribution is -2.55. The second-order valence-electron chi connectivity index (χ2n) is 6.21. The molecule has 1 saturated heterocycles. The van der Waals surface area contributed by atoms with Crippen molar-refractivity contribution in [2.75, 3.05) is 13.2 Å². The average molecular weight is 258 g/mol. The van der Waals surface area contributed by atoms with Gasteiger partial charge in [0.05, 0.1) is 18.8 Å². The Morgan fingerprint density at radius 1 is 1.00 bits per heavy atom. The summed E-state index contributed by atoms with van der Waals surface area (Å²) in [5.41, 5.74) is 1.24. The minimum absolute atomic E-state index is 0.0972. The minimum Gasteiger partial charge on any atom is -0.343 e. The van der Waals surface area contributed by atoms with E-state index >= 15 is 0 Å². The van der Waals surface area contributed by atoms with Crippen LogP contribution in [0.15, 0.2) is 23.3 Å². The molecule has 0 N–H and O–H groups in total. The monoisotopic (exact) mass is 258 g/mol. The topological polar surface area (TPSA) is 52.6 Å². The molecule has 5 aliphatic rings. The molecule has 0 aromatic rings. The van der Waals surface area contributed by atoms with Crippen LogP contribution in [0.3, 0.4) is 0 Å². The highest BCUT2D eigenvalue weighted by molar-refractivity contribution is 6.18. The van der Waals surface area contributed by atoms with E-state index in [1.54, 1.807) is 0 Å². The van der Waals surface area contributed by atoms with Gasteiger partial charge in [-0.05, 0) is 18.3 Å². The fraction of sp³-hybridized carbons (Fsp3) is 0.600. The van der Waals surface area contributed by atoms with Crippen molar-refractivity contribution < 1.29 is 19.1 Å². The zero-order chi connectivity index (χ0) is 12.8. The van der Waals surface area contributed by atoms with Crippen LogP contribution in [0.1, 0.15) is 12.8 Å². The molecule has 19 heavy (non-hydrogen) atoms. The molecular formula is C15H14O4. The van der Waals surface area contributed by atoms with Crippen LogP contribution in [0.25, 0.3) is 0 Å². The quantitative estimate of drug-likeness (QED) is 0.609. The Labute approximate surface area is 110 Å². The van der Waals surface area contributed by atoms with E-state index in [9.17, 15) is 9.59 Å². The molecule has 2 fully saturated rings. The number of Topliss-reactive ketones (excluding diaryl/α,β-unsaturated/α-hetero) is 2. The van der Waals surface area contributed by atoms with Crippen molar-refractivity contribution in [3.8, 4) is 0 Å².